The van der Waals surface area contributed by atoms with Crippen molar-refractivity contribution in [2.24, 2.45) is 0 Å². The molecular formula is C19H19ClN2O2S. The van der Waals surface area contributed by atoms with E-state index in [9.17, 15) is 9.59 Å². The van der Waals surface area contributed by atoms with Crippen LogP contribution in [0.25, 0.3) is 0 Å². The minimum atomic E-state index is -0.249. The highest BCUT2D eigenvalue weighted by Gasteiger charge is 2.22. The van der Waals surface area contributed by atoms with E-state index in [2.05, 4.69) is 10.6 Å². The second-order valence-electron chi connectivity index (χ2n) is 5.99. The first-order valence-electron chi connectivity index (χ1n) is 8.09. The number of hydrogen-bond donors (Lipinski definition) is 2. The Balaban J connectivity index is 1.59. The zero-order valence-corrected chi connectivity index (χ0v) is 15.4. The van der Waals surface area contributed by atoms with E-state index >= 15 is 0 Å². The Morgan fingerprint density at radius 3 is 2.88 bits per heavy atom. The maximum Gasteiger partial charge on any atom is 0.251 e. The van der Waals surface area contributed by atoms with Gasteiger partial charge in [0.1, 0.15) is 0 Å². The summed E-state index contributed by atoms with van der Waals surface area (Å²) in [5, 5.41) is 6.32. The number of benzene rings is 2. The van der Waals surface area contributed by atoms with E-state index < -0.39 is 0 Å². The molecule has 2 aromatic rings. The highest BCUT2D eigenvalue weighted by Crippen LogP contribution is 2.37. The third-order valence-electron chi connectivity index (χ3n) is 4.04. The van der Waals surface area contributed by atoms with Crippen LogP contribution in [0, 0.1) is 6.92 Å². The van der Waals surface area contributed by atoms with E-state index in [4.69, 9.17) is 11.6 Å². The van der Waals surface area contributed by atoms with Crippen LogP contribution in [-0.4, -0.2) is 24.1 Å². The molecule has 4 nitrogen and oxygen atoms in total. The standard InChI is InChI=1S/C19H19ClN2O2S/c1-12-3-2-4-13(9-12)19(24)21-11-18(23)22-16-7-8-25-17-6-5-14(20)10-15(16)17/h2-6,9-10,16H,7-8,11H2,1H3,(H,21,24)(H,22,23). The number of nitrogens with one attached hydrogen (secondary N) is 2. The maximum absolute atomic E-state index is 12.2. The highest BCUT2D eigenvalue weighted by molar-refractivity contribution is 7.99. The SMILES string of the molecule is Cc1cccc(C(=O)NCC(=O)NC2CCSc3ccc(Cl)cc32)c1. The molecule has 2 amide bonds. The number of hydrogen-bond acceptors (Lipinski definition) is 3. The van der Waals surface area contributed by atoms with E-state index in [-0.39, 0.29) is 24.4 Å². The molecule has 0 saturated carbocycles. The van der Waals surface area contributed by atoms with Crippen molar-refractivity contribution in [3.05, 3.63) is 64.2 Å². The minimum absolute atomic E-state index is 0.0493. The van der Waals surface area contributed by atoms with Crippen molar-refractivity contribution in [1.82, 2.24) is 10.6 Å². The number of amides is 2. The molecule has 0 aliphatic carbocycles. The van der Waals surface area contributed by atoms with E-state index in [1.54, 1.807) is 23.9 Å². The van der Waals surface area contributed by atoms with Crippen molar-refractivity contribution < 1.29 is 9.59 Å². The van der Waals surface area contributed by atoms with Gasteiger partial charge in [-0.25, -0.2) is 0 Å². The van der Waals surface area contributed by atoms with Gasteiger partial charge in [-0.2, -0.15) is 0 Å². The van der Waals surface area contributed by atoms with Crippen LogP contribution in [0.15, 0.2) is 47.4 Å². The van der Waals surface area contributed by atoms with Crippen LogP contribution in [0.5, 0.6) is 0 Å². The zero-order valence-electron chi connectivity index (χ0n) is 13.8. The molecule has 0 saturated heterocycles. The number of fused-ring (bicyclic) bond motifs is 1. The Kier molecular flexibility index (Phi) is 5.66. The van der Waals surface area contributed by atoms with Crippen LogP contribution in [0.1, 0.15) is 33.9 Å². The van der Waals surface area contributed by atoms with Crippen molar-refractivity contribution >= 4 is 35.2 Å². The molecule has 6 heteroatoms. The Bertz CT molecular complexity index is 810. The van der Waals surface area contributed by atoms with Crippen LogP contribution in [0.3, 0.4) is 0 Å². The van der Waals surface area contributed by atoms with Crippen LogP contribution in [0.4, 0.5) is 0 Å². The van der Waals surface area contributed by atoms with Gasteiger partial charge < -0.3 is 10.6 Å². The molecule has 0 spiro atoms. The second kappa shape index (κ2) is 7.93. The van der Waals surface area contributed by atoms with Crippen LogP contribution >= 0.6 is 23.4 Å². The zero-order chi connectivity index (χ0) is 17.8. The highest BCUT2D eigenvalue weighted by atomic mass is 35.5. The van der Waals surface area contributed by atoms with Crippen molar-refractivity contribution in [3.8, 4) is 0 Å². The number of aryl methyl sites for hydroxylation is 1. The summed E-state index contributed by atoms with van der Waals surface area (Å²) in [4.78, 5) is 25.5. The molecule has 1 aliphatic rings. The molecule has 1 aliphatic heterocycles. The lowest BCUT2D eigenvalue weighted by Gasteiger charge is -2.26. The van der Waals surface area contributed by atoms with Gasteiger partial charge in [0.2, 0.25) is 5.91 Å². The Labute approximate surface area is 156 Å². The fraction of sp³-hybridized carbons (Fsp3) is 0.263. The molecule has 1 heterocycles. The lowest BCUT2D eigenvalue weighted by Crippen LogP contribution is -2.39. The fourth-order valence-corrected chi connectivity index (χ4v) is 4.10. The Morgan fingerprint density at radius 2 is 2.08 bits per heavy atom. The third kappa shape index (κ3) is 4.55. The fourth-order valence-electron chi connectivity index (χ4n) is 2.81. The average molecular weight is 375 g/mol. The predicted octanol–water partition coefficient (Wildman–Crippen LogP) is 3.73. The average Bonchev–Trinajstić information content (AvgIpc) is 2.60. The second-order valence-corrected chi connectivity index (χ2v) is 7.56. The molecule has 0 radical (unpaired) electrons. The minimum Gasteiger partial charge on any atom is -0.348 e. The molecule has 0 bridgehead atoms. The van der Waals surface area contributed by atoms with E-state index in [1.165, 1.54) is 0 Å². The van der Waals surface area contributed by atoms with Crippen LogP contribution in [0.2, 0.25) is 5.02 Å². The van der Waals surface area contributed by atoms with E-state index in [1.807, 2.05) is 37.3 Å². The van der Waals surface area contributed by atoms with Gasteiger partial charge in [0.25, 0.3) is 5.91 Å². The van der Waals surface area contributed by atoms with Crippen LogP contribution < -0.4 is 10.6 Å². The summed E-state index contributed by atoms with van der Waals surface area (Å²) < 4.78 is 0. The van der Waals surface area contributed by atoms with Crippen LogP contribution in [-0.2, 0) is 4.79 Å². The van der Waals surface area contributed by atoms with Gasteiger partial charge in [-0.05, 0) is 49.2 Å². The Hall–Kier alpha value is -1.98. The summed E-state index contributed by atoms with van der Waals surface area (Å²) in [6.07, 6.45) is 0.843. The summed E-state index contributed by atoms with van der Waals surface area (Å²) in [6.45, 7) is 1.87. The molecule has 0 fully saturated rings. The first kappa shape index (κ1) is 17.8. The molecule has 3 rings (SSSR count). The first-order chi connectivity index (χ1) is 12.0. The van der Waals surface area contributed by atoms with Gasteiger partial charge in [-0.3, -0.25) is 9.59 Å². The van der Waals surface area contributed by atoms with Crippen molar-refractivity contribution in [1.29, 1.82) is 0 Å². The molecule has 1 unspecified atom stereocenters. The van der Waals surface area contributed by atoms with Gasteiger partial charge in [-0.15, -0.1) is 11.8 Å². The van der Waals surface area contributed by atoms with Gasteiger partial charge in [0.15, 0.2) is 0 Å². The molecule has 130 valence electrons. The van der Waals surface area contributed by atoms with Gasteiger partial charge in [0.05, 0.1) is 12.6 Å². The Morgan fingerprint density at radius 1 is 1.24 bits per heavy atom. The summed E-state index contributed by atoms with van der Waals surface area (Å²) in [5.41, 5.74) is 2.60. The molecule has 25 heavy (non-hydrogen) atoms. The molecule has 2 N–H and O–H groups in total. The largest absolute Gasteiger partial charge is 0.348 e. The summed E-state index contributed by atoms with van der Waals surface area (Å²) in [6, 6.07) is 13.0. The van der Waals surface area contributed by atoms with Gasteiger partial charge >= 0.3 is 0 Å². The van der Waals surface area contributed by atoms with Gasteiger partial charge in [-0.1, -0.05) is 29.3 Å². The number of carbonyl (C=O) groups excluding carboxylic acids is 2. The first-order valence-corrected chi connectivity index (χ1v) is 9.46. The topological polar surface area (TPSA) is 58.2 Å². The summed E-state index contributed by atoms with van der Waals surface area (Å²) in [5.74, 6) is 0.486. The smallest absolute Gasteiger partial charge is 0.251 e. The quantitative estimate of drug-likeness (QED) is 0.857. The van der Waals surface area contributed by atoms with Gasteiger partial charge in [0, 0.05) is 21.2 Å². The number of rotatable bonds is 4. The molecular weight excluding hydrogens is 356 g/mol. The summed E-state index contributed by atoms with van der Waals surface area (Å²) in [7, 11) is 0. The van der Waals surface area contributed by atoms with Crippen molar-refractivity contribution in [2.75, 3.05) is 12.3 Å². The number of carbonyl (C=O) groups is 2. The number of halogens is 1. The third-order valence-corrected chi connectivity index (χ3v) is 5.39. The van der Waals surface area contributed by atoms with Crippen molar-refractivity contribution in [3.63, 3.8) is 0 Å². The monoisotopic (exact) mass is 374 g/mol. The van der Waals surface area contributed by atoms with Crippen molar-refractivity contribution in [2.45, 2.75) is 24.3 Å². The predicted molar refractivity (Wildman–Crippen MR) is 101 cm³/mol. The van der Waals surface area contributed by atoms with E-state index in [0.717, 1.165) is 28.2 Å². The lowest BCUT2D eigenvalue weighted by atomic mass is 10.0. The van der Waals surface area contributed by atoms with E-state index in [0.29, 0.717) is 10.6 Å². The molecule has 2 aromatic carbocycles. The normalized spacial score (nSPS) is 16.0. The molecule has 1 atom stereocenters. The molecule has 0 aromatic heterocycles. The summed E-state index contributed by atoms with van der Waals surface area (Å²) >= 11 is 7.85. The lowest BCUT2D eigenvalue weighted by molar-refractivity contribution is -0.120. The maximum atomic E-state index is 12.2. The number of thioether (sulfide) groups is 1.